The smallest absolute Gasteiger partial charge is 0.221 e. The number of rotatable bonds is 5. The molecule has 0 aliphatic carbocycles. The lowest BCUT2D eigenvalue weighted by atomic mass is 9.90. The summed E-state index contributed by atoms with van der Waals surface area (Å²) in [6, 6.07) is 19.0. The van der Waals surface area contributed by atoms with Gasteiger partial charge < -0.3 is 5.32 Å². The minimum atomic E-state index is -0.0248. The largest absolute Gasteiger partial charge is 0.326 e. The molecule has 1 aliphatic heterocycles. The summed E-state index contributed by atoms with van der Waals surface area (Å²) in [6.45, 7) is 4.88. The molecule has 126 valence electrons. The highest BCUT2D eigenvalue weighted by atomic mass is 16.1. The maximum absolute atomic E-state index is 11.1. The third-order valence-electron chi connectivity index (χ3n) is 4.75. The van der Waals surface area contributed by atoms with Gasteiger partial charge in [0.1, 0.15) is 0 Å². The Morgan fingerprint density at radius 2 is 1.67 bits per heavy atom. The van der Waals surface area contributed by atoms with Gasteiger partial charge in [-0.3, -0.25) is 9.69 Å². The van der Waals surface area contributed by atoms with E-state index in [0.29, 0.717) is 0 Å². The summed E-state index contributed by atoms with van der Waals surface area (Å²) in [5.41, 5.74) is 3.64. The van der Waals surface area contributed by atoms with Gasteiger partial charge in [0, 0.05) is 19.2 Å². The van der Waals surface area contributed by atoms with E-state index in [9.17, 15) is 4.79 Å². The molecule has 3 nitrogen and oxygen atoms in total. The number of carbonyl (C=O) groups is 1. The van der Waals surface area contributed by atoms with Crippen molar-refractivity contribution >= 4 is 11.6 Å². The Morgan fingerprint density at radius 1 is 1.00 bits per heavy atom. The third-order valence-corrected chi connectivity index (χ3v) is 4.75. The molecule has 3 rings (SSSR count). The Hall–Kier alpha value is -2.13. The molecule has 3 heteroatoms. The fraction of sp³-hybridized carbons (Fsp3) is 0.381. The number of nitrogens with one attached hydrogen (secondary N) is 1. The van der Waals surface area contributed by atoms with E-state index >= 15 is 0 Å². The lowest BCUT2D eigenvalue weighted by Gasteiger charge is -2.32. The Morgan fingerprint density at radius 3 is 2.29 bits per heavy atom. The second-order valence-corrected chi connectivity index (χ2v) is 6.79. The van der Waals surface area contributed by atoms with Crippen LogP contribution in [0.2, 0.25) is 0 Å². The van der Waals surface area contributed by atoms with Crippen LogP contribution in [0.25, 0.3) is 0 Å². The van der Waals surface area contributed by atoms with Gasteiger partial charge in [-0.25, -0.2) is 0 Å². The molecule has 0 atom stereocenters. The average molecular weight is 322 g/mol. The molecule has 1 fully saturated rings. The van der Waals surface area contributed by atoms with Crippen molar-refractivity contribution in [1.82, 2.24) is 4.90 Å². The zero-order valence-corrected chi connectivity index (χ0v) is 14.4. The Kier molecular flexibility index (Phi) is 5.65. The first kappa shape index (κ1) is 16.7. The van der Waals surface area contributed by atoms with Crippen molar-refractivity contribution in [3.63, 3.8) is 0 Å². The highest BCUT2D eigenvalue weighted by Gasteiger charge is 2.19. The van der Waals surface area contributed by atoms with Crippen LogP contribution in [0.5, 0.6) is 0 Å². The number of amides is 1. The molecule has 1 heterocycles. The molecule has 0 aromatic heterocycles. The third kappa shape index (κ3) is 4.93. The highest BCUT2D eigenvalue weighted by molar-refractivity contribution is 5.88. The van der Waals surface area contributed by atoms with Crippen LogP contribution < -0.4 is 5.32 Å². The van der Waals surface area contributed by atoms with Crippen LogP contribution in [-0.4, -0.2) is 23.9 Å². The van der Waals surface area contributed by atoms with Gasteiger partial charge in [-0.15, -0.1) is 0 Å². The minimum Gasteiger partial charge on any atom is -0.326 e. The summed E-state index contributed by atoms with van der Waals surface area (Å²) in [4.78, 5) is 13.6. The molecule has 1 aliphatic rings. The molecule has 2 aromatic rings. The topological polar surface area (TPSA) is 32.3 Å². The first-order valence-corrected chi connectivity index (χ1v) is 8.82. The van der Waals surface area contributed by atoms with Gasteiger partial charge >= 0.3 is 0 Å². The Bertz CT molecular complexity index is 643. The van der Waals surface area contributed by atoms with Crippen molar-refractivity contribution in [3.8, 4) is 0 Å². The van der Waals surface area contributed by atoms with E-state index in [2.05, 4.69) is 52.7 Å². The number of likely N-dealkylation sites (tertiary alicyclic amines) is 1. The summed E-state index contributed by atoms with van der Waals surface area (Å²) in [5.74, 6) is 0.786. The molecule has 1 saturated heterocycles. The van der Waals surface area contributed by atoms with E-state index in [0.717, 1.165) is 18.2 Å². The van der Waals surface area contributed by atoms with E-state index in [1.165, 1.54) is 50.4 Å². The van der Waals surface area contributed by atoms with Crippen LogP contribution >= 0.6 is 0 Å². The average Bonchev–Trinajstić information content (AvgIpc) is 2.59. The van der Waals surface area contributed by atoms with E-state index in [1.54, 1.807) is 0 Å². The van der Waals surface area contributed by atoms with E-state index in [-0.39, 0.29) is 5.91 Å². The van der Waals surface area contributed by atoms with Gasteiger partial charge in [0.05, 0.1) is 0 Å². The van der Waals surface area contributed by atoms with Gasteiger partial charge in [0.2, 0.25) is 5.91 Å². The van der Waals surface area contributed by atoms with Crippen LogP contribution in [0.3, 0.4) is 0 Å². The van der Waals surface area contributed by atoms with E-state index in [1.807, 2.05) is 12.1 Å². The summed E-state index contributed by atoms with van der Waals surface area (Å²) in [5, 5.41) is 2.81. The highest BCUT2D eigenvalue weighted by Crippen LogP contribution is 2.23. The predicted octanol–water partition coefficient (Wildman–Crippen LogP) is 4.10. The normalized spacial score (nSPS) is 16.0. The molecule has 0 unspecified atom stereocenters. The number of nitrogens with zero attached hydrogens (tertiary/aromatic N) is 1. The molecule has 0 bridgehead atoms. The molecule has 2 aromatic carbocycles. The standard InChI is InChI=1S/C21H26N2O/c1-17(24)22-21-9-7-20(8-10-21)16-23-13-11-19(12-14-23)15-18-5-3-2-4-6-18/h2-10,19H,11-16H2,1H3,(H,22,24). The zero-order chi connectivity index (χ0) is 16.8. The van der Waals surface area contributed by atoms with Crippen LogP contribution in [0.4, 0.5) is 5.69 Å². The van der Waals surface area contributed by atoms with Gasteiger partial charge in [-0.05, 0) is 61.5 Å². The number of hydrogen-bond acceptors (Lipinski definition) is 2. The first-order valence-electron chi connectivity index (χ1n) is 8.82. The molecule has 1 amide bonds. The van der Waals surface area contributed by atoms with Crippen molar-refractivity contribution in [2.24, 2.45) is 5.92 Å². The first-order chi connectivity index (χ1) is 11.7. The Labute approximate surface area is 144 Å². The van der Waals surface area contributed by atoms with Gasteiger partial charge in [0.25, 0.3) is 0 Å². The molecular weight excluding hydrogens is 296 g/mol. The fourth-order valence-electron chi connectivity index (χ4n) is 3.45. The molecular formula is C21H26N2O. The maximum atomic E-state index is 11.1. The maximum Gasteiger partial charge on any atom is 0.221 e. The van der Waals surface area contributed by atoms with Crippen LogP contribution in [0, 0.1) is 5.92 Å². The quantitative estimate of drug-likeness (QED) is 0.899. The summed E-state index contributed by atoms with van der Waals surface area (Å²) in [6.07, 6.45) is 3.76. The van der Waals surface area contributed by atoms with Crippen molar-refractivity contribution in [3.05, 3.63) is 65.7 Å². The van der Waals surface area contributed by atoms with Gasteiger partial charge in [-0.1, -0.05) is 42.5 Å². The SMILES string of the molecule is CC(=O)Nc1ccc(CN2CCC(Cc3ccccc3)CC2)cc1. The molecule has 0 radical (unpaired) electrons. The molecule has 0 saturated carbocycles. The summed E-state index contributed by atoms with van der Waals surface area (Å²) in [7, 11) is 0. The van der Waals surface area contributed by atoms with Crippen LogP contribution in [0.1, 0.15) is 30.9 Å². The predicted molar refractivity (Wildman–Crippen MR) is 98.9 cm³/mol. The second kappa shape index (κ2) is 8.11. The number of piperidine rings is 1. The monoisotopic (exact) mass is 322 g/mol. The summed E-state index contributed by atoms with van der Waals surface area (Å²) < 4.78 is 0. The van der Waals surface area contributed by atoms with Crippen molar-refractivity contribution in [2.75, 3.05) is 18.4 Å². The number of carbonyl (C=O) groups excluding carboxylic acids is 1. The zero-order valence-electron chi connectivity index (χ0n) is 14.4. The fourth-order valence-corrected chi connectivity index (χ4v) is 3.45. The molecule has 24 heavy (non-hydrogen) atoms. The lowest BCUT2D eigenvalue weighted by molar-refractivity contribution is -0.114. The van der Waals surface area contributed by atoms with Gasteiger partial charge in [-0.2, -0.15) is 0 Å². The van der Waals surface area contributed by atoms with Crippen LogP contribution in [0.15, 0.2) is 54.6 Å². The second-order valence-electron chi connectivity index (χ2n) is 6.79. The summed E-state index contributed by atoms with van der Waals surface area (Å²) >= 11 is 0. The van der Waals surface area contributed by atoms with Crippen molar-refractivity contribution in [1.29, 1.82) is 0 Å². The number of hydrogen-bond donors (Lipinski definition) is 1. The van der Waals surface area contributed by atoms with Crippen molar-refractivity contribution in [2.45, 2.75) is 32.7 Å². The minimum absolute atomic E-state index is 0.0248. The van der Waals surface area contributed by atoms with Gasteiger partial charge in [0.15, 0.2) is 0 Å². The van der Waals surface area contributed by atoms with Crippen LogP contribution in [-0.2, 0) is 17.8 Å². The lowest BCUT2D eigenvalue weighted by Crippen LogP contribution is -2.33. The van der Waals surface area contributed by atoms with Crippen molar-refractivity contribution < 1.29 is 4.79 Å². The Balaban J connectivity index is 1.46. The number of anilines is 1. The molecule has 1 N–H and O–H groups in total. The van der Waals surface area contributed by atoms with E-state index < -0.39 is 0 Å². The number of benzene rings is 2. The van der Waals surface area contributed by atoms with E-state index in [4.69, 9.17) is 0 Å². The molecule has 0 spiro atoms.